The van der Waals surface area contributed by atoms with Crippen molar-refractivity contribution < 1.29 is 39.8 Å². The van der Waals surface area contributed by atoms with E-state index in [2.05, 4.69) is 10.6 Å². The van der Waals surface area contributed by atoms with Crippen molar-refractivity contribution in [2.45, 2.75) is 48.9 Å². The SMILES string of the molecule is CNC1C(O)C(=O)C1Nc1ccc(OC2OC(CO)C(O)C(O)C2O)cc1. The minimum Gasteiger partial charge on any atom is -0.462 e. The lowest BCUT2D eigenvalue weighted by Crippen LogP contribution is -2.68. The van der Waals surface area contributed by atoms with E-state index in [0.29, 0.717) is 11.4 Å². The maximum absolute atomic E-state index is 11.7. The summed E-state index contributed by atoms with van der Waals surface area (Å²) < 4.78 is 10.8. The van der Waals surface area contributed by atoms with Crippen molar-refractivity contribution in [3.8, 4) is 5.75 Å². The van der Waals surface area contributed by atoms with Crippen LogP contribution in [-0.4, -0.2) is 93.9 Å². The number of aliphatic hydroxyl groups is 5. The molecule has 2 fully saturated rings. The van der Waals surface area contributed by atoms with Gasteiger partial charge in [-0.15, -0.1) is 0 Å². The molecular formula is C17H24N2O8. The van der Waals surface area contributed by atoms with Gasteiger partial charge in [-0.1, -0.05) is 0 Å². The second kappa shape index (κ2) is 8.07. The molecule has 1 aliphatic heterocycles. The fourth-order valence-corrected chi connectivity index (χ4v) is 3.20. The van der Waals surface area contributed by atoms with Crippen LogP contribution >= 0.6 is 0 Å². The van der Waals surface area contributed by atoms with Crippen LogP contribution < -0.4 is 15.4 Å². The Morgan fingerprint density at radius 1 is 1.07 bits per heavy atom. The molecule has 0 bridgehead atoms. The first-order chi connectivity index (χ1) is 12.9. The van der Waals surface area contributed by atoms with Crippen molar-refractivity contribution in [3.63, 3.8) is 0 Å². The Kier molecular flexibility index (Phi) is 5.96. The zero-order valence-electron chi connectivity index (χ0n) is 14.6. The molecular weight excluding hydrogens is 360 g/mol. The predicted molar refractivity (Wildman–Crippen MR) is 92.1 cm³/mol. The largest absolute Gasteiger partial charge is 0.462 e. The summed E-state index contributed by atoms with van der Waals surface area (Å²) >= 11 is 0. The van der Waals surface area contributed by atoms with E-state index >= 15 is 0 Å². The number of anilines is 1. The van der Waals surface area contributed by atoms with E-state index < -0.39 is 49.5 Å². The smallest absolute Gasteiger partial charge is 0.229 e. The van der Waals surface area contributed by atoms with Gasteiger partial charge in [0.1, 0.15) is 42.3 Å². The molecule has 1 aromatic carbocycles. The number of carbonyl (C=O) groups excluding carboxylic acids is 1. The molecule has 0 radical (unpaired) electrons. The van der Waals surface area contributed by atoms with Gasteiger partial charge >= 0.3 is 0 Å². The number of rotatable bonds is 6. The lowest BCUT2D eigenvalue weighted by atomic mass is 9.81. The monoisotopic (exact) mass is 384 g/mol. The van der Waals surface area contributed by atoms with Gasteiger partial charge in [0, 0.05) is 5.69 Å². The zero-order chi connectivity index (χ0) is 19.7. The molecule has 1 aliphatic carbocycles. The maximum Gasteiger partial charge on any atom is 0.229 e. The van der Waals surface area contributed by atoms with E-state index in [1.165, 1.54) is 0 Å². The van der Waals surface area contributed by atoms with Crippen molar-refractivity contribution in [3.05, 3.63) is 24.3 Å². The van der Waals surface area contributed by atoms with Gasteiger partial charge in [-0.05, 0) is 31.3 Å². The lowest BCUT2D eigenvalue weighted by molar-refractivity contribution is -0.277. The molecule has 1 saturated carbocycles. The Balaban J connectivity index is 1.61. The average Bonchev–Trinajstić information content (AvgIpc) is 2.69. The van der Waals surface area contributed by atoms with E-state index in [4.69, 9.17) is 9.47 Å². The molecule has 0 spiro atoms. The maximum atomic E-state index is 11.7. The van der Waals surface area contributed by atoms with Crippen LogP contribution in [0, 0.1) is 0 Å². The summed E-state index contributed by atoms with van der Waals surface area (Å²) in [7, 11) is 1.66. The van der Waals surface area contributed by atoms with Crippen LogP contribution in [0.3, 0.4) is 0 Å². The molecule has 8 unspecified atom stereocenters. The van der Waals surface area contributed by atoms with Gasteiger partial charge in [0.05, 0.1) is 12.6 Å². The molecule has 10 nitrogen and oxygen atoms in total. The highest BCUT2D eigenvalue weighted by Gasteiger charge is 2.48. The van der Waals surface area contributed by atoms with Crippen LogP contribution in [0.4, 0.5) is 5.69 Å². The van der Waals surface area contributed by atoms with Crippen molar-refractivity contribution >= 4 is 11.5 Å². The summed E-state index contributed by atoms with van der Waals surface area (Å²) in [5, 5.41) is 54.2. The van der Waals surface area contributed by atoms with Gasteiger partial charge in [-0.3, -0.25) is 4.79 Å². The molecule has 1 heterocycles. The number of ketones is 1. The van der Waals surface area contributed by atoms with Gasteiger partial charge in [0.15, 0.2) is 5.78 Å². The average molecular weight is 384 g/mol. The number of ether oxygens (including phenoxy) is 2. The molecule has 0 amide bonds. The Morgan fingerprint density at radius 3 is 2.33 bits per heavy atom. The number of Topliss-reactive ketones (excluding diaryl/α,β-unsaturated/α-hetero) is 1. The standard InChI is InChI=1S/C17H24N2O8/c1-18-10-11(14(23)13(10)22)19-7-2-4-8(5-3-7)26-17-16(25)15(24)12(21)9(6-20)27-17/h2-5,9-13,15-22,24-25H,6H2,1H3. The predicted octanol–water partition coefficient (Wildman–Crippen LogP) is -2.82. The first kappa shape index (κ1) is 20.0. The highest BCUT2D eigenvalue weighted by Crippen LogP contribution is 2.26. The van der Waals surface area contributed by atoms with Crippen LogP contribution in [0.2, 0.25) is 0 Å². The number of hydrogen-bond acceptors (Lipinski definition) is 10. The van der Waals surface area contributed by atoms with Gasteiger partial charge in [0.2, 0.25) is 6.29 Å². The Morgan fingerprint density at radius 2 is 1.74 bits per heavy atom. The fourth-order valence-electron chi connectivity index (χ4n) is 3.20. The van der Waals surface area contributed by atoms with Crippen molar-refractivity contribution in [2.24, 2.45) is 0 Å². The number of likely N-dealkylation sites (N-methyl/N-ethyl adjacent to an activating group) is 1. The number of benzene rings is 1. The highest BCUT2D eigenvalue weighted by atomic mass is 16.7. The summed E-state index contributed by atoms with van der Waals surface area (Å²) in [6, 6.07) is 5.51. The number of nitrogens with one attached hydrogen (secondary N) is 2. The second-order valence-electron chi connectivity index (χ2n) is 6.62. The van der Waals surface area contributed by atoms with E-state index in [-0.39, 0.29) is 11.8 Å². The number of hydrogen-bond donors (Lipinski definition) is 7. The van der Waals surface area contributed by atoms with Crippen molar-refractivity contribution in [1.82, 2.24) is 5.32 Å². The third-order valence-electron chi connectivity index (χ3n) is 4.91. The zero-order valence-corrected chi connectivity index (χ0v) is 14.6. The summed E-state index contributed by atoms with van der Waals surface area (Å²) in [5.41, 5.74) is 0.627. The van der Waals surface area contributed by atoms with Gasteiger partial charge in [-0.25, -0.2) is 0 Å². The summed E-state index contributed by atoms with van der Waals surface area (Å²) in [5.74, 6) is 0.0195. The topological polar surface area (TPSA) is 161 Å². The van der Waals surface area contributed by atoms with Crippen LogP contribution in [0.15, 0.2) is 24.3 Å². The summed E-state index contributed by atoms with van der Waals surface area (Å²) in [4.78, 5) is 11.7. The van der Waals surface area contributed by atoms with Gasteiger partial charge < -0.3 is 45.6 Å². The molecule has 10 heteroatoms. The molecule has 150 valence electrons. The molecule has 2 aliphatic rings. The van der Waals surface area contributed by atoms with Crippen LogP contribution in [0.25, 0.3) is 0 Å². The van der Waals surface area contributed by atoms with E-state index in [0.717, 1.165) is 0 Å². The van der Waals surface area contributed by atoms with Crippen LogP contribution in [0.1, 0.15) is 0 Å². The number of carbonyl (C=O) groups is 1. The summed E-state index contributed by atoms with van der Waals surface area (Å²) in [6.07, 6.45) is -7.81. The van der Waals surface area contributed by atoms with Gasteiger partial charge in [-0.2, -0.15) is 0 Å². The molecule has 3 rings (SSSR count). The molecule has 1 aromatic rings. The molecule has 27 heavy (non-hydrogen) atoms. The third-order valence-corrected chi connectivity index (χ3v) is 4.91. The minimum absolute atomic E-state index is 0.295. The van der Waals surface area contributed by atoms with E-state index in [1.807, 2.05) is 0 Å². The number of aliphatic hydroxyl groups excluding tert-OH is 5. The molecule has 1 saturated heterocycles. The van der Waals surface area contributed by atoms with Crippen LogP contribution in [-0.2, 0) is 9.53 Å². The second-order valence-corrected chi connectivity index (χ2v) is 6.62. The minimum atomic E-state index is -1.52. The lowest BCUT2D eigenvalue weighted by Gasteiger charge is -2.40. The van der Waals surface area contributed by atoms with Crippen molar-refractivity contribution in [2.75, 3.05) is 19.0 Å². The third kappa shape index (κ3) is 3.78. The first-order valence-electron chi connectivity index (χ1n) is 8.60. The Hall–Kier alpha value is -1.79. The quantitative estimate of drug-likeness (QED) is 0.272. The highest BCUT2D eigenvalue weighted by molar-refractivity contribution is 5.98. The van der Waals surface area contributed by atoms with Crippen LogP contribution in [0.5, 0.6) is 5.75 Å². The Labute approximate surface area is 155 Å². The van der Waals surface area contributed by atoms with Crippen molar-refractivity contribution in [1.29, 1.82) is 0 Å². The fraction of sp³-hybridized carbons (Fsp3) is 0.588. The molecule has 8 atom stereocenters. The Bertz CT molecular complexity index is 655. The van der Waals surface area contributed by atoms with E-state index in [1.54, 1.807) is 31.3 Å². The summed E-state index contributed by atoms with van der Waals surface area (Å²) in [6.45, 7) is -0.540. The first-order valence-corrected chi connectivity index (χ1v) is 8.60. The molecule has 7 N–H and O–H groups in total. The molecule has 0 aromatic heterocycles. The normalized spacial score (nSPS) is 39.0. The van der Waals surface area contributed by atoms with E-state index in [9.17, 15) is 30.3 Å². The van der Waals surface area contributed by atoms with Gasteiger partial charge in [0.25, 0.3) is 0 Å².